The Kier molecular flexibility index (Phi) is 3.12. The zero-order valence-corrected chi connectivity index (χ0v) is 10.7. The van der Waals surface area contributed by atoms with Crippen LogP contribution in [0, 0.1) is 0 Å². The number of amides is 1. The van der Waals surface area contributed by atoms with Crippen molar-refractivity contribution in [1.82, 2.24) is 0 Å². The molecule has 1 amide bonds. The second-order valence-corrected chi connectivity index (χ2v) is 4.24. The normalized spacial score (nSPS) is 12.6. The van der Waals surface area contributed by atoms with E-state index in [0.717, 1.165) is 0 Å². The van der Waals surface area contributed by atoms with Crippen LogP contribution in [0.2, 0.25) is 0 Å². The minimum absolute atomic E-state index is 0.0169. The van der Waals surface area contributed by atoms with Crippen LogP contribution in [0.25, 0.3) is 0 Å². The molecule has 1 aliphatic heterocycles. The number of benzene rings is 2. The predicted octanol–water partition coefficient (Wildman–Crippen LogP) is 2.61. The van der Waals surface area contributed by atoms with Gasteiger partial charge in [0.05, 0.1) is 5.56 Å². The third kappa shape index (κ3) is 2.46. The summed E-state index contributed by atoms with van der Waals surface area (Å²) in [6, 6.07) is 13.1. The maximum absolute atomic E-state index is 11.8. The second kappa shape index (κ2) is 5.09. The summed E-state index contributed by atoms with van der Waals surface area (Å²) in [6.45, 7) is 0. The van der Waals surface area contributed by atoms with Crippen LogP contribution >= 0.6 is 0 Å². The molecular weight excluding hydrogens is 274 g/mol. The SMILES string of the molecule is O=C(Nc1ccccc1)Oc1cccc2c1C(=O)OC2=O. The molecule has 0 aliphatic carbocycles. The van der Waals surface area contributed by atoms with Crippen LogP contribution in [-0.2, 0) is 4.74 Å². The predicted molar refractivity (Wildman–Crippen MR) is 72.3 cm³/mol. The quantitative estimate of drug-likeness (QED) is 0.676. The first-order valence-corrected chi connectivity index (χ1v) is 6.08. The number of hydrogen-bond donors (Lipinski definition) is 1. The molecule has 0 fully saturated rings. The van der Waals surface area contributed by atoms with Crippen molar-refractivity contribution in [2.75, 3.05) is 5.32 Å². The van der Waals surface area contributed by atoms with E-state index in [-0.39, 0.29) is 16.9 Å². The van der Waals surface area contributed by atoms with Crippen LogP contribution in [0.3, 0.4) is 0 Å². The average molecular weight is 283 g/mol. The number of esters is 2. The molecule has 1 N–H and O–H groups in total. The van der Waals surface area contributed by atoms with E-state index in [1.54, 1.807) is 24.3 Å². The highest BCUT2D eigenvalue weighted by atomic mass is 16.6. The van der Waals surface area contributed by atoms with Crippen molar-refractivity contribution in [3.05, 3.63) is 59.7 Å². The van der Waals surface area contributed by atoms with Crippen molar-refractivity contribution >= 4 is 23.7 Å². The maximum Gasteiger partial charge on any atom is 0.417 e. The molecule has 0 saturated heterocycles. The third-order valence-corrected chi connectivity index (χ3v) is 2.86. The van der Waals surface area contributed by atoms with Gasteiger partial charge in [-0.1, -0.05) is 24.3 Å². The lowest BCUT2D eigenvalue weighted by atomic mass is 10.1. The van der Waals surface area contributed by atoms with Crippen molar-refractivity contribution in [3.63, 3.8) is 0 Å². The van der Waals surface area contributed by atoms with Crippen LogP contribution in [-0.4, -0.2) is 18.0 Å². The summed E-state index contributed by atoms with van der Waals surface area (Å²) in [5.74, 6) is -1.58. The van der Waals surface area contributed by atoms with Gasteiger partial charge in [-0.3, -0.25) is 5.32 Å². The molecule has 6 nitrogen and oxygen atoms in total. The first-order valence-electron chi connectivity index (χ1n) is 6.08. The topological polar surface area (TPSA) is 81.7 Å². The Labute approximate surface area is 119 Å². The summed E-state index contributed by atoms with van der Waals surface area (Å²) in [5, 5.41) is 2.51. The Balaban J connectivity index is 1.82. The Morgan fingerprint density at radius 3 is 2.48 bits per heavy atom. The van der Waals surface area contributed by atoms with Gasteiger partial charge in [0.15, 0.2) is 0 Å². The van der Waals surface area contributed by atoms with Gasteiger partial charge < -0.3 is 9.47 Å². The van der Waals surface area contributed by atoms with Crippen molar-refractivity contribution in [1.29, 1.82) is 0 Å². The van der Waals surface area contributed by atoms with Gasteiger partial charge in [0.1, 0.15) is 11.3 Å². The molecule has 104 valence electrons. The molecule has 0 unspecified atom stereocenters. The summed E-state index contributed by atoms with van der Waals surface area (Å²) in [5.41, 5.74) is 0.601. The highest BCUT2D eigenvalue weighted by Crippen LogP contribution is 2.29. The van der Waals surface area contributed by atoms with E-state index >= 15 is 0 Å². The molecule has 2 aromatic rings. The molecular formula is C15H9NO5. The number of nitrogens with one attached hydrogen (secondary N) is 1. The highest BCUT2D eigenvalue weighted by Gasteiger charge is 2.33. The van der Waals surface area contributed by atoms with Gasteiger partial charge in [-0.2, -0.15) is 0 Å². The number of para-hydroxylation sites is 1. The Morgan fingerprint density at radius 1 is 0.952 bits per heavy atom. The molecule has 0 bridgehead atoms. The molecule has 1 heterocycles. The summed E-state index contributed by atoms with van der Waals surface area (Å²) < 4.78 is 9.56. The zero-order chi connectivity index (χ0) is 14.8. The number of anilines is 1. The summed E-state index contributed by atoms with van der Waals surface area (Å²) >= 11 is 0. The smallest absolute Gasteiger partial charge is 0.409 e. The van der Waals surface area contributed by atoms with Gasteiger partial charge in [-0.05, 0) is 24.3 Å². The number of rotatable bonds is 2. The lowest BCUT2D eigenvalue weighted by Gasteiger charge is -2.08. The largest absolute Gasteiger partial charge is 0.417 e. The monoisotopic (exact) mass is 283 g/mol. The van der Waals surface area contributed by atoms with Gasteiger partial charge in [-0.15, -0.1) is 0 Å². The molecule has 0 radical (unpaired) electrons. The summed E-state index contributed by atoms with van der Waals surface area (Å²) in [6.07, 6.45) is -0.762. The van der Waals surface area contributed by atoms with Crippen LogP contribution < -0.4 is 10.1 Å². The molecule has 0 atom stereocenters. The van der Waals surface area contributed by atoms with E-state index in [2.05, 4.69) is 10.1 Å². The van der Waals surface area contributed by atoms with Gasteiger partial charge >= 0.3 is 18.0 Å². The van der Waals surface area contributed by atoms with E-state index in [9.17, 15) is 14.4 Å². The van der Waals surface area contributed by atoms with Crippen LogP contribution in [0.4, 0.5) is 10.5 Å². The van der Waals surface area contributed by atoms with Gasteiger partial charge in [0, 0.05) is 5.69 Å². The highest BCUT2D eigenvalue weighted by molar-refractivity contribution is 6.16. The summed E-state index contributed by atoms with van der Waals surface area (Å²) in [4.78, 5) is 34.8. The van der Waals surface area contributed by atoms with Crippen molar-refractivity contribution < 1.29 is 23.9 Å². The second-order valence-electron chi connectivity index (χ2n) is 4.24. The van der Waals surface area contributed by atoms with E-state index in [1.807, 2.05) is 6.07 Å². The first kappa shape index (κ1) is 12.9. The molecule has 3 rings (SSSR count). The lowest BCUT2D eigenvalue weighted by Crippen LogP contribution is -2.18. The number of carbonyl (C=O) groups is 3. The maximum atomic E-state index is 11.8. The van der Waals surface area contributed by atoms with Crippen LogP contribution in [0.1, 0.15) is 20.7 Å². The molecule has 0 aromatic heterocycles. The van der Waals surface area contributed by atoms with E-state index in [4.69, 9.17) is 4.74 Å². The summed E-state index contributed by atoms with van der Waals surface area (Å²) in [7, 11) is 0. The number of fused-ring (bicyclic) bond motifs is 1. The Hall–Kier alpha value is -3.15. The average Bonchev–Trinajstić information content (AvgIpc) is 2.76. The van der Waals surface area contributed by atoms with E-state index in [1.165, 1.54) is 18.2 Å². The molecule has 6 heteroatoms. The fraction of sp³-hybridized carbons (Fsp3) is 0. The van der Waals surface area contributed by atoms with Crippen molar-refractivity contribution in [3.8, 4) is 5.75 Å². The number of ether oxygens (including phenoxy) is 2. The number of carbonyl (C=O) groups excluding carboxylic acids is 3. The molecule has 2 aromatic carbocycles. The van der Waals surface area contributed by atoms with Crippen molar-refractivity contribution in [2.45, 2.75) is 0 Å². The van der Waals surface area contributed by atoms with E-state index in [0.29, 0.717) is 5.69 Å². The van der Waals surface area contributed by atoms with Crippen LogP contribution in [0.15, 0.2) is 48.5 Å². The molecule has 1 aliphatic rings. The number of hydrogen-bond acceptors (Lipinski definition) is 5. The fourth-order valence-electron chi connectivity index (χ4n) is 1.95. The molecule has 21 heavy (non-hydrogen) atoms. The van der Waals surface area contributed by atoms with Crippen molar-refractivity contribution in [2.24, 2.45) is 0 Å². The zero-order valence-electron chi connectivity index (χ0n) is 10.7. The standard InChI is InChI=1S/C15H9NO5/c17-13-10-7-4-8-11(12(10)14(18)21-13)20-15(19)16-9-5-2-1-3-6-9/h1-8H,(H,16,19). The van der Waals surface area contributed by atoms with Gasteiger partial charge in [-0.25, -0.2) is 14.4 Å². The van der Waals surface area contributed by atoms with Gasteiger partial charge in [0.25, 0.3) is 0 Å². The Bertz CT molecular complexity index is 739. The minimum atomic E-state index is -0.821. The first-order chi connectivity index (χ1) is 10.1. The Morgan fingerprint density at radius 2 is 1.71 bits per heavy atom. The van der Waals surface area contributed by atoms with Crippen LogP contribution in [0.5, 0.6) is 5.75 Å². The van der Waals surface area contributed by atoms with Gasteiger partial charge in [0.2, 0.25) is 0 Å². The fourth-order valence-corrected chi connectivity index (χ4v) is 1.95. The van der Waals surface area contributed by atoms with E-state index < -0.39 is 18.0 Å². The number of cyclic esters (lactones) is 2. The third-order valence-electron chi connectivity index (χ3n) is 2.86. The minimum Gasteiger partial charge on any atom is -0.409 e. The molecule has 0 saturated carbocycles. The molecule has 0 spiro atoms. The lowest BCUT2D eigenvalue weighted by molar-refractivity contribution is 0.0443.